The van der Waals surface area contributed by atoms with E-state index in [1.807, 2.05) is 38.2 Å². The van der Waals surface area contributed by atoms with Gasteiger partial charge in [-0.2, -0.15) is 0 Å². The summed E-state index contributed by atoms with van der Waals surface area (Å²) in [7, 11) is 3.96. The van der Waals surface area contributed by atoms with Gasteiger partial charge in [-0.25, -0.2) is 4.98 Å². The predicted molar refractivity (Wildman–Crippen MR) is 55.9 cm³/mol. The largest absolute Gasteiger partial charge is 0.363 e. The van der Waals surface area contributed by atoms with E-state index >= 15 is 0 Å². The first-order chi connectivity index (χ1) is 6.09. The average molecular weight is 179 g/mol. The highest BCUT2D eigenvalue weighted by Crippen LogP contribution is 2.08. The topological polar surface area (TPSA) is 42.1 Å². The maximum atomic E-state index is 5.68. The maximum absolute atomic E-state index is 5.68. The molecule has 0 aliphatic rings. The van der Waals surface area contributed by atoms with Crippen LogP contribution in [0.3, 0.4) is 0 Å². The molecule has 0 bridgehead atoms. The highest BCUT2D eigenvalue weighted by atomic mass is 15.1. The summed E-state index contributed by atoms with van der Waals surface area (Å²) in [4.78, 5) is 6.28. The highest BCUT2D eigenvalue weighted by Gasteiger charge is 1.99. The van der Waals surface area contributed by atoms with Crippen LogP contribution in [0.1, 0.15) is 12.5 Å². The zero-order valence-electron chi connectivity index (χ0n) is 8.49. The number of nitrogens with two attached hydrogens (primary N) is 1. The molecule has 0 aliphatic heterocycles. The molecule has 3 heteroatoms. The lowest BCUT2D eigenvalue weighted by molar-refractivity contribution is 0.735. The summed E-state index contributed by atoms with van der Waals surface area (Å²) < 4.78 is 0. The summed E-state index contributed by atoms with van der Waals surface area (Å²) in [6.07, 6.45) is 2.78. The molecule has 0 amide bonds. The van der Waals surface area contributed by atoms with E-state index in [9.17, 15) is 0 Å². The molecule has 1 heterocycles. The van der Waals surface area contributed by atoms with Crippen LogP contribution in [0.5, 0.6) is 0 Å². The summed E-state index contributed by atoms with van der Waals surface area (Å²) in [6.45, 7) is 2.00. The standard InChI is InChI=1S/C10H17N3/c1-8(11)6-9-4-5-10(12-7-9)13(2)3/h4-5,7-8H,6,11H2,1-3H3/t8-/m0/s1. The van der Waals surface area contributed by atoms with Gasteiger partial charge in [0.25, 0.3) is 0 Å². The maximum Gasteiger partial charge on any atom is 0.127 e. The Morgan fingerprint density at radius 2 is 2.15 bits per heavy atom. The predicted octanol–water partition coefficient (Wildman–Crippen LogP) is 1.04. The van der Waals surface area contributed by atoms with E-state index in [1.165, 1.54) is 5.56 Å². The van der Waals surface area contributed by atoms with E-state index in [0.29, 0.717) is 0 Å². The number of pyridine rings is 1. The first-order valence-corrected chi connectivity index (χ1v) is 4.47. The van der Waals surface area contributed by atoms with Crippen molar-refractivity contribution in [3.8, 4) is 0 Å². The number of hydrogen-bond donors (Lipinski definition) is 1. The number of nitrogens with zero attached hydrogens (tertiary/aromatic N) is 2. The minimum absolute atomic E-state index is 0.201. The molecule has 0 radical (unpaired) electrons. The summed E-state index contributed by atoms with van der Waals surface area (Å²) in [5.74, 6) is 0.980. The van der Waals surface area contributed by atoms with Crippen molar-refractivity contribution >= 4 is 5.82 Å². The molecule has 1 rings (SSSR count). The molecular weight excluding hydrogens is 162 g/mol. The van der Waals surface area contributed by atoms with Crippen LogP contribution in [0, 0.1) is 0 Å². The molecule has 2 N–H and O–H groups in total. The van der Waals surface area contributed by atoms with E-state index in [4.69, 9.17) is 5.73 Å². The molecule has 13 heavy (non-hydrogen) atoms. The molecule has 1 atom stereocenters. The number of aromatic nitrogens is 1. The summed E-state index contributed by atoms with van der Waals surface area (Å²) >= 11 is 0. The van der Waals surface area contributed by atoms with Crippen molar-refractivity contribution < 1.29 is 0 Å². The Labute approximate surface area is 79.6 Å². The molecule has 1 aromatic rings. The lowest BCUT2D eigenvalue weighted by Crippen LogP contribution is -2.18. The van der Waals surface area contributed by atoms with Crippen molar-refractivity contribution in [1.29, 1.82) is 0 Å². The van der Waals surface area contributed by atoms with Crippen molar-refractivity contribution in [1.82, 2.24) is 4.98 Å². The third-order valence-electron chi connectivity index (χ3n) is 1.83. The van der Waals surface area contributed by atoms with E-state index in [2.05, 4.69) is 11.1 Å². The number of hydrogen-bond acceptors (Lipinski definition) is 3. The summed E-state index contributed by atoms with van der Waals surface area (Å²) in [6, 6.07) is 4.29. The van der Waals surface area contributed by atoms with Gasteiger partial charge in [0, 0.05) is 26.3 Å². The Morgan fingerprint density at radius 3 is 2.54 bits per heavy atom. The molecule has 0 aromatic carbocycles. The zero-order valence-corrected chi connectivity index (χ0v) is 8.49. The van der Waals surface area contributed by atoms with Crippen LogP contribution in [-0.4, -0.2) is 25.1 Å². The molecule has 1 aromatic heterocycles. The molecule has 3 nitrogen and oxygen atoms in total. The lowest BCUT2D eigenvalue weighted by Gasteiger charge is -2.11. The van der Waals surface area contributed by atoms with Crippen LogP contribution >= 0.6 is 0 Å². The second kappa shape index (κ2) is 4.23. The normalized spacial score (nSPS) is 12.6. The Hall–Kier alpha value is -1.09. The summed E-state index contributed by atoms with van der Waals surface area (Å²) in [5.41, 5.74) is 6.88. The quantitative estimate of drug-likeness (QED) is 0.753. The van der Waals surface area contributed by atoms with Crippen molar-refractivity contribution in [3.63, 3.8) is 0 Å². The SMILES string of the molecule is C[C@H](N)Cc1ccc(N(C)C)nc1. The Balaban J connectivity index is 2.70. The van der Waals surface area contributed by atoms with Gasteiger partial charge in [-0.3, -0.25) is 0 Å². The molecule has 0 fully saturated rings. The fraction of sp³-hybridized carbons (Fsp3) is 0.500. The van der Waals surface area contributed by atoms with Gasteiger partial charge in [0.1, 0.15) is 5.82 Å². The average Bonchev–Trinajstić information content (AvgIpc) is 2.04. The fourth-order valence-corrected chi connectivity index (χ4v) is 1.17. The van der Waals surface area contributed by atoms with Crippen LogP contribution in [-0.2, 0) is 6.42 Å². The molecule has 0 saturated heterocycles. The van der Waals surface area contributed by atoms with E-state index in [1.54, 1.807) is 0 Å². The lowest BCUT2D eigenvalue weighted by atomic mass is 10.1. The van der Waals surface area contributed by atoms with E-state index in [-0.39, 0.29) is 6.04 Å². The third-order valence-corrected chi connectivity index (χ3v) is 1.83. The third kappa shape index (κ3) is 3.03. The van der Waals surface area contributed by atoms with Gasteiger partial charge in [-0.15, -0.1) is 0 Å². The van der Waals surface area contributed by atoms with Gasteiger partial charge in [-0.05, 0) is 25.0 Å². The second-order valence-electron chi connectivity index (χ2n) is 3.60. The number of anilines is 1. The second-order valence-corrected chi connectivity index (χ2v) is 3.60. The van der Waals surface area contributed by atoms with Crippen LogP contribution in [0.2, 0.25) is 0 Å². The van der Waals surface area contributed by atoms with Gasteiger partial charge >= 0.3 is 0 Å². The summed E-state index contributed by atoms with van der Waals surface area (Å²) in [5, 5.41) is 0. The van der Waals surface area contributed by atoms with Gasteiger partial charge < -0.3 is 10.6 Å². The smallest absolute Gasteiger partial charge is 0.127 e. The Bertz CT molecular complexity index is 251. The highest BCUT2D eigenvalue weighted by molar-refractivity contribution is 5.37. The van der Waals surface area contributed by atoms with Crippen molar-refractivity contribution in [2.45, 2.75) is 19.4 Å². The molecule has 0 saturated carbocycles. The molecule has 0 unspecified atom stereocenters. The van der Waals surface area contributed by atoms with Crippen molar-refractivity contribution in [2.24, 2.45) is 5.73 Å². The van der Waals surface area contributed by atoms with Crippen molar-refractivity contribution in [3.05, 3.63) is 23.9 Å². The first kappa shape index (κ1) is 9.99. The minimum atomic E-state index is 0.201. The Kier molecular flexibility index (Phi) is 3.25. The zero-order chi connectivity index (χ0) is 9.84. The van der Waals surface area contributed by atoms with Gasteiger partial charge in [0.15, 0.2) is 0 Å². The molecule has 0 aliphatic carbocycles. The Morgan fingerprint density at radius 1 is 1.46 bits per heavy atom. The van der Waals surface area contributed by atoms with Crippen LogP contribution in [0.15, 0.2) is 18.3 Å². The molecule has 72 valence electrons. The first-order valence-electron chi connectivity index (χ1n) is 4.47. The van der Waals surface area contributed by atoms with Crippen molar-refractivity contribution in [2.75, 3.05) is 19.0 Å². The van der Waals surface area contributed by atoms with E-state index in [0.717, 1.165) is 12.2 Å². The van der Waals surface area contributed by atoms with Crippen LogP contribution in [0.25, 0.3) is 0 Å². The van der Waals surface area contributed by atoms with Crippen LogP contribution in [0.4, 0.5) is 5.82 Å². The number of rotatable bonds is 3. The van der Waals surface area contributed by atoms with Gasteiger partial charge in [0.2, 0.25) is 0 Å². The van der Waals surface area contributed by atoms with E-state index < -0.39 is 0 Å². The van der Waals surface area contributed by atoms with Gasteiger partial charge in [0.05, 0.1) is 0 Å². The van der Waals surface area contributed by atoms with Crippen LogP contribution < -0.4 is 10.6 Å². The molecule has 0 spiro atoms. The minimum Gasteiger partial charge on any atom is -0.363 e. The monoisotopic (exact) mass is 179 g/mol. The van der Waals surface area contributed by atoms with Gasteiger partial charge in [-0.1, -0.05) is 6.07 Å². The molecular formula is C10H17N3. The fourth-order valence-electron chi connectivity index (χ4n) is 1.17.